The van der Waals surface area contributed by atoms with Gasteiger partial charge in [0.2, 0.25) is 0 Å². The summed E-state index contributed by atoms with van der Waals surface area (Å²) >= 11 is 0. The predicted molar refractivity (Wildman–Crippen MR) is 68.7 cm³/mol. The maximum atomic E-state index is 9.05. The molecular formula is C13H25N3O. The molecule has 0 aromatic heterocycles. The maximum Gasteiger partial charge on any atom is 0.103 e. The lowest BCUT2D eigenvalue weighted by molar-refractivity contribution is 0.153. The SMILES string of the molecule is CNC(C)(C#N)CCCN1CCC(COC)C1. The summed E-state index contributed by atoms with van der Waals surface area (Å²) in [6.07, 6.45) is 3.23. The van der Waals surface area contributed by atoms with Crippen LogP contribution < -0.4 is 5.32 Å². The van der Waals surface area contributed by atoms with Crippen molar-refractivity contribution in [3.63, 3.8) is 0 Å². The van der Waals surface area contributed by atoms with Crippen molar-refractivity contribution in [1.29, 1.82) is 5.26 Å². The van der Waals surface area contributed by atoms with Crippen molar-refractivity contribution < 1.29 is 4.74 Å². The smallest absolute Gasteiger partial charge is 0.103 e. The quantitative estimate of drug-likeness (QED) is 0.726. The van der Waals surface area contributed by atoms with Gasteiger partial charge in [0, 0.05) is 13.7 Å². The van der Waals surface area contributed by atoms with Gasteiger partial charge in [-0.3, -0.25) is 0 Å². The molecule has 1 N–H and O–H groups in total. The summed E-state index contributed by atoms with van der Waals surface area (Å²) in [6, 6.07) is 2.33. The van der Waals surface area contributed by atoms with Gasteiger partial charge >= 0.3 is 0 Å². The van der Waals surface area contributed by atoms with E-state index in [-0.39, 0.29) is 5.54 Å². The van der Waals surface area contributed by atoms with Gasteiger partial charge in [0.15, 0.2) is 0 Å². The molecule has 2 atom stereocenters. The minimum absolute atomic E-state index is 0.369. The zero-order valence-electron chi connectivity index (χ0n) is 11.3. The second-order valence-electron chi connectivity index (χ2n) is 5.21. The Morgan fingerprint density at radius 3 is 2.94 bits per heavy atom. The van der Waals surface area contributed by atoms with Gasteiger partial charge in [-0.15, -0.1) is 0 Å². The Hall–Kier alpha value is -0.630. The summed E-state index contributed by atoms with van der Waals surface area (Å²) in [4.78, 5) is 2.48. The van der Waals surface area contributed by atoms with Gasteiger partial charge in [0.05, 0.1) is 12.7 Å². The zero-order chi connectivity index (χ0) is 12.7. The Labute approximate surface area is 105 Å². The average Bonchev–Trinajstić information content (AvgIpc) is 2.77. The molecule has 4 heteroatoms. The minimum Gasteiger partial charge on any atom is -0.384 e. The number of methoxy groups -OCH3 is 1. The topological polar surface area (TPSA) is 48.3 Å². The summed E-state index contributed by atoms with van der Waals surface area (Å²) in [5.74, 6) is 0.701. The normalized spacial score (nSPS) is 24.5. The van der Waals surface area contributed by atoms with Gasteiger partial charge in [-0.1, -0.05) is 0 Å². The Morgan fingerprint density at radius 1 is 1.59 bits per heavy atom. The molecule has 1 aliphatic rings. The molecule has 98 valence electrons. The van der Waals surface area contributed by atoms with E-state index in [1.165, 1.54) is 13.0 Å². The minimum atomic E-state index is -0.369. The van der Waals surface area contributed by atoms with Crippen LogP contribution in [-0.4, -0.2) is 50.8 Å². The van der Waals surface area contributed by atoms with E-state index in [1.54, 1.807) is 7.11 Å². The molecule has 0 saturated carbocycles. The summed E-state index contributed by atoms with van der Waals surface area (Å²) < 4.78 is 5.19. The number of likely N-dealkylation sites (tertiary alicyclic amines) is 1. The lowest BCUT2D eigenvalue weighted by Gasteiger charge is -2.22. The third kappa shape index (κ3) is 4.63. The van der Waals surface area contributed by atoms with Gasteiger partial charge < -0.3 is 15.0 Å². The Balaban J connectivity index is 2.18. The number of rotatable bonds is 7. The third-order valence-corrected chi connectivity index (χ3v) is 3.72. The molecule has 0 bridgehead atoms. The molecule has 2 unspecified atom stereocenters. The predicted octanol–water partition coefficient (Wildman–Crippen LogP) is 1.24. The lowest BCUT2D eigenvalue weighted by atomic mass is 9.98. The maximum absolute atomic E-state index is 9.05. The molecule has 0 aromatic carbocycles. The van der Waals surface area contributed by atoms with Crippen molar-refractivity contribution in [2.45, 2.75) is 31.7 Å². The molecule has 1 rings (SSSR count). The first-order valence-electron chi connectivity index (χ1n) is 6.45. The zero-order valence-corrected chi connectivity index (χ0v) is 11.3. The van der Waals surface area contributed by atoms with E-state index < -0.39 is 0 Å². The highest BCUT2D eigenvalue weighted by molar-refractivity contribution is 5.02. The van der Waals surface area contributed by atoms with E-state index in [4.69, 9.17) is 10.00 Å². The van der Waals surface area contributed by atoms with Crippen LogP contribution in [0.5, 0.6) is 0 Å². The van der Waals surface area contributed by atoms with Crippen LogP contribution in [0.2, 0.25) is 0 Å². The molecule has 0 amide bonds. The molecule has 0 aromatic rings. The second kappa shape index (κ2) is 6.95. The first-order chi connectivity index (χ1) is 8.13. The first kappa shape index (κ1) is 14.4. The van der Waals surface area contributed by atoms with Crippen molar-refractivity contribution in [2.24, 2.45) is 5.92 Å². The number of ether oxygens (including phenoxy) is 1. The number of nitriles is 1. The van der Waals surface area contributed by atoms with Gasteiger partial charge in [-0.05, 0) is 52.2 Å². The van der Waals surface area contributed by atoms with Crippen LogP contribution in [0, 0.1) is 17.2 Å². The number of nitrogens with zero attached hydrogens (tertiary/aromatic N) is 2. The summed E-state index contributed by atoms with van der Waals surface area (Å²) in [6.45, 7) is 6.26. The van der Waals surface area contributed by atoms with Crippen molar-refractivity contribution in [3.05, 3.63) is 0 Å². The van der Waals surface area contributed by atoms with Crippen molar-refractivity contribution in [1.82, 2.24) is 10.2 Å². The van der Waals surface area contributed by atoms with Crippen LogP contribution in [0.1, 0.15) is 26.2 Å². The van der Waals surface area contributed by atoms with Gasteiger partial charge in [-0.25, -0.2) is 0 Å². The Bertz CT molecular complexity index is 264. The summed E-state index contributed by atoms with van der Waals surface area (Å²) in [5, 5.41) is 12.1. The van der Waals surface area contributed by atoms with Crippen molar-refractivity contribution in [3.8, 4) is 6.07 Å². The Kier molecular flexibility index (Phi) is 5.90. The molecule has 4 nitrogen and oxygen atoms in total. The fourth-order valence-corrected chi connectivity index (χ4v) is 2.38. The average molecular weight is 239 g/mol. The van der Waals surface area contributed by atoms with Crippen LogP contribution in [-0.2, 0) is 4.74 Å². The Morgan fingerprint density at radius 2 is 2.35 bits per heavy atom. The molecule has 0 radical (unpaired) electrons. The van der Waals surface area contributed by atoms with Crippen molar-refractivity contribution >= 4 is 0 Å². The van der Waals surface area contributed by atoms with E-state index in [0.29, 0.717) is 5.92 Å². The van der Waals surface area contributed by atoms with Crippen molar-refractivity contribution in [2.75, 3.05) is 40.4 Å². The molecule has 17 heavy (non-hydrogen) atoms. The lowest BCUT2D eigenvalue weighted by Crippen LogP contribution is -2.38. The first-order valence-corrected chi connectivity index (χ1v) is 6.45. The molecule has 1 aliphatic heterocycles. The fourth-order valence-electron chi connectivity index (χ4n) is 2.38. The van der Waals surface area contributed by atoms with E-state index in [2.05, 4.69) is 16.3 Å². The monoisotopic (exact) mass is 239 g/mol. The highest BCUT2D eigenvalue weighted by Gasteiger charge is 2.24. The van der Waals surface area contributed by atoms with Crippen LogP contribution in [0.15, 0.2) is 0 Å². The molecule has 0 aliphatic carbocycles. The van der Waals surface area contributed by atoms with Gasteiger partial charge in [0.1, 0.15) is 5.54 Å². The van der Waals surface area contributed by atoms with E-state index in [0.717, 1.165) is 32.5 Å². The number of hydrogen-bond acceptors (Lipinski definition) is 4. The van der Waals surface area contributed by atoms with Crippen LogP contribution in [0.3, 0.4) is 0 Å². The number of nitrogens with one attached hydrogen (secondary N) is 1. The fraction of sp³-hybridized carbons (Fsp3) is 0.923. The third-order valence-electron chi connectivity index (χ3n) is 3.72. The molecular weight excluding hydrogens is 214 g/mol. The molecule has 1 saturated heterocycles. The van der Waals surface area contributed by atoms with Gasteiger partial charge in [0.25, 0.3) is 0 Å². The van der Waals surface area contributed by atoms with Crippen LogP contribution in [0.25, 0.3) is 0 Å². The van der Waals surface area contributed by atoms with Crippen LogP contribution >= 0.6 is 0 Å². The highest BCUT2D eigenvalue weighted by Crippen LogP contribution is 2.18. The van der Waals surface area contributed by atoms with E-state index >= 15 is 0 Å². The second-order valence-corrected chi connectivity index (χ2v) is 5.21. The highest BCUT2D eigenvalue weighted by atomic mass is 16.5. The number of hydrogen-bond donors (Lipinski definition) is 1. The summed E-state index contributed by atoms with van der Waals surface area (Å²) in [7, 11) is 3.63. The largest absolute Gasteiger partial charge is 0.384 e. The van der Waals surface area contributed by atoms with E-state index in [9.17, 15) is 0 Å². The molecule has 1 heterocycles. The van der Waals surface area contributed by atoms with E-state index in [1.807, 2.05) is 14.0 Å². The standard InChI is InChI=1S/C13H25N3O/c1-13(11-14,15-2)6-4-7-16-8-5-12(9-16)10-17-3/h12,15H,4-10H2,1-3H3. The molecule has 0 spiro atoms. The van der Waals surface area contributed by atoms with Crippen LogP contribution in [0.4, 0.5) is 0 Å². The van der Waals surface area contributed by atoms with Gasteiger partial charge in [-0.2, -0.15) is 5.26 Å². The summed E-state index contributed by atoms with van der Waals surface area (Å²) in [5.41, 5.74) is -0.369. The molecule has 1 fully saturated rings.